The largest absolute Gasteiger partial charge is 0.384 e. The smallest absolute Gasteiger partial charge is 0.259 e. The second-order valence-corrected chi connectivity index (χ2v) is 8.27. The number of carbonyl (C=O) groups excluding carboxylic acids is 3. The molecule has 0 radical (unpaired) electrons. The monoisotopic (exact) mass is 465 g/mol. The molecule has 1 saturated heterocycles. The Labute approximate surface area is 196 Å². The molecule has 5 N–H and O–H groups in total. The first-order valence-electron chi connectivity index (χ1n) is 11.1. The van der Waals surface area contributed by atoms with Crippen LogP contribution in [-0.4, -0.2) is 65.5 Å². The van der Waals surface area contributed by atoms with Crippen LogP contribution in [0.15, 0.2) is 42.5 Å². The van der Waals surface area contributed by atoms with Crippen LogP contribution in [0.5, 0.6) is 0 Å². The van der Waals surface area contributed by atoms with Crippen LogP contribution in [0, 0.1) is 5.41 Å². The number of nitrogens with one attached hydrogen (secondary N) is 2. The molecule has 1 fully saturated rings. The third kappa shape index (κ3) is 4.50. The molecule has 2 aliphatic heterocycles. The molecule has 3 amide bonds. The first kappa shape index (κ1) is 23.4. The number of amides is 3. The van der Waals surface area contributed by atoms with Crippen molar-refractivity contribution in [3.8, 4) is 0 Å². The molecule has 34 heavy (non-hydrogen) atoms. The highest BCUT2D eigenvalue weighted by Crippen LogP contribution is 2.29. The van der Waals surface area contributed by atoms with Gasteiger partial charge in [-0.3, -0.25) is 19.8 Å². The fraction of sp³-hybridized carbons (Fsp3) is 0.333. The van der Waals surface area contributed by atoms with Crippen LogP contribution >= 0.6 is 0 Å². The van der Waals surface area contributed by atoms with Gasteiger partial charge in [-0.25, -0.2) is 0 Å². The molecule has 10 heteroatoms. The standard InChI is InChI=1S/C24H27N5O5/c1-2-9-28-13-15-5-8-17(12-18(15)23(28)32)29-10-11-34-20(24(29)33)19(30)22(31)27-16-6-3-14(4-7-16)21(25)26/h3-8,12,19-20,30H,2,9-11,13H2,1H3,(H3,25,26)(H,27,31)/t19?,20-/m1/s1. The average molecular weight is 466 g/mol. The van der Waals surface area contributed by atoms with E-state index in [1.165, 1.54) is 4.90 Å². The fourth-order valence-electron chi connectivity index (χ4n) is 4.14. The molecule has 4 rings (SSSR count). The van der Waals surface area contributed by atoms with Crippen molar-refractivity contribution in [3.05, 3.63) is 59.2 Å². The molecule has 0 bridgehead atoms. The Bertz CT molecular complexity index is 1130. The minimum Gasteiger partial charge on any atom is -0.384 e. The first-order valence-corrected chi connectivity index (χ1v) is 11.1. The summed E-state index contributed by atoms with van der Waals surface area (Å²) in [7, 11) is 0. The highest BCUT2D eigenvalue weighted by atomic mass is 16.5. The number of carbonyl (C=O) groups is 3. The number of morpholine rings is 1. The summed E-state index contributed by atoms with van der Waals surface area (Å²) in [5.41, 5.74) is 8.29. The fourth-order valence-corrected chi connectivity index (χ4v) is 4.14. The van der Waals surface area contributed by atoms with E-state index < -0.39 is 24.0 Å². The van der Waals surface area contributed by atoms with Gasteiger partial charge >= 0.3 is 0 Å². The van der Waals surface area contributed by atoms with Crippen molar-refractivity contribution in [2.24, 2.45) is 5.73 Å². The van der Waals surface area contributed by atoms with Gasteiger partial charge in [0, 0.05) is 42.1 Å². The second-order valence-electron chi connectivity index (χ2n) is 8.27. The number of nitrogen functional groups attached to an aromatic ring is 1. The molecule has 1 unspecified atom stereocenters. The second kappa shape index (κ2) is 9.62. The van der Waals surface area contributed by atoms with Gasteiger partial charge in [-0.2, -0.15) is 0 Å². The summed E-state index contributed by atoms with van der Waals surface area (Å²) in [6.45, 7) is 3.59. The normalized spacial score (nSPS) is 18.6. The number of hydrogen-bond donors (Lipinski definition) is 4. The molecule has 2 aliphatic rings. The molecule has 2 heterocycles. The Balaban J connectivity index is 1.46. The molecule has 2 aromatic carbocycles. The highest BCUT2D eigenvalue weighted by Gasteiger charge is 2.40. The van der Waals surface area contributed by atoms with E-state index in [-0.39, 0.29) is 24.9 Å². The molecule has 0 aliphatic carbocycles. The summed E-state index contributed by atoms with van der Waals surface area (Å²) in [6.07, 6.45) is -2.26. The Morgan fingerprint density at radius 2 is 2.00 bits per heavy atom. The SMILES string of the molecule is CCCN1Cc2ccc(N3CCO[C@H](C(O)C(=O)Nc4ccc(C(=N)N)cc4)C3=O)cc2C1=O. The van der Waals surface area contributed by atoms with Crippen LogP contribution < -0.4 is 16.0 Å². The lowest BCUT2D eigenvalue weighted by molar-refractivity contribution is -0.150. The summed E-state index contributed by atoms with van der Waals surface area (Å²) < 4.78 is 5.45. The van der Waals surface area contributed by atoms with Crippen LogP contribution in [0.3, 0.4) is 0 Å². The van der Waals surface area contributed by atoms with E-state index >= 15 is 0 Å². The average Bonchev–Trinajstić information content (AvgIpc) is 3.14. The van der Waals surface area contributed by atoms with Gasteiger partial charge in [-0.1, -0.05) is 13.0 Å². The number of anilines is 2. The Morgan fingerprint density at radius 1 is 1.26 bits per heavy atom. The lowest BCUT2D eigenvalue weighted by atomic mass is 10.1. The van der Waals surface area contributed by atoms with Crippen molar-refractivity contribution < 1.29 is 24.2 Å². The molecular weight excluding hydrogens is 438 g/mol. The van der Waals surface area contributed by atoms with Gasteiger partial charge in [-0.15, -0.1) is 0 Å². The molecule has 0 spiro atoms. The van der Waals surface area contributed by atoms with Crippen molar-refractivity contribution >= 4 is 34.9 Å². The third-order valence-corrected chi connectivity index (χ3v) is 5.92. The van der Waals surface area contributed by atoms with Crippen LogP contribution in [0.25, 0.3) is 0 Å². The Hall–Kier alpha value is -3.76. The maximum atomic E-state index is 13.1. The molecule has 0 aromatic heterocycles. The van der Waals surface area contributed by atoms with Crippen molar-refractivity contribution in [3.63, 3.8) is 0 Å². The number of nitrogens with zero attached hydrogens (tertiary/aromatic N) is 2. The molecule has 2 aromatic rings. The van der Waals surface area contributed by atoms with Gasteiger partial charge in [0.1, 0.15) is 5.84 Å². The Morgan fingerprint density at radius 3 is 2.68 bits per heavy atom. The van der Waals surface area contributed by atoms with E-state index in [0.717, 1.165) is 12.0 Å². The predicted octanol–water partition coefficient (Wildman–Crippen LogP) is 1.07. The van der Waals surface area contributed by atoms with Crippen LogP contribution in [0.2, 0.25) is 0 Å². The third-order valence-electron chi connectivity index (χ3n) is 5.92. The lowest BCUT2D eigenvalue weighted by Gasteiger charge is -2.34. The minimum atomic E-state index is -1.74. The zero-order valence-corrected chi connectivity index (χ0v) is 18.8. The van der Waals surface area contributed by atoms with Gasteiger partial charge in [0.05, 0.1) is 6.61 Å². The van der Waals surface area contributed by atoms with Crippen molar-refractivity contribution in [2.75, 3.05) is 29.9 Å². The van der Waals surface area contributed by atoms with Crippen molar-refractivity contribution in [2.45, 2.75) is 32.1 Å². The quantitative estimate of drug-likeness (QED) is 0.355. The summed E-state index contributed by atoms with van der Waals surface area (Å²) in [5, 5.41) is 20.5. The number of aliphatic hydroxyl groups excluding tert-OH is 1. The molecule has 0 saturated carbocycles. The Kier molecular flexibility index (Phi) is 6.62. The maximum absolute atomic E-state index is 13.1. The summed E-state index contributed by atoms with van der Waals surface area (Å²) >= 11 is 0. The zero-order chi connectivity index (χ0) is 24.4. The van der Waals surface area contributed by atoms with Crippen LogP contribution in [0.1, 0.15) is 34.8 Å². The number of nitrogens with two attached hydrogens (primary N) is 1. The maximum Gasteiger partial charge on any atom is 0.259 e. The minimum absolute atomic E-state index is 0.0637. The number of benzene rings is 2. The van der Waals surface area contributed by atoms with E-state index in [0.29, 0.717) is 35.6 Å². The lowest BCUT2D eigenvalue weighted by Crippen LogP contribution is -2.55. The number of aliphatic hydroxyl groups is 1. The van der Waals surface area contributed by atoms with E-state index in [9.17, 15) is 19.5 Å². The van der Waals surface area contributed by atoms with Crippen molar-refractivity contribution in [1.29, 1.82) is 5.41 Å². The van der Waals surface area contributed by atoms with Gasteiger partial charge < -0.3 is 30.7 Å². The topological polar surface area (TPSA) is 149 Å². The molecule has 10 nitrogen and oxygen atoms in total. The van der Waals surface area contributed by atoms with Gasteiger partial charge in [0.25, 0.3) is 17.7 Å². The highest BCUT2D eigenvalue weighted by molar-refractivity contribution is 6.05. The number of ether oxygens (including phenoxy) is 1. The number of fused-ring (bicyclic) bond motifs is 1. The molecular formula is C24H27N5O5. The van der Waals surface area contributed by atoms with E-state index in [1.54, 1.807) is 41.3 Å². The van der Waals surface area contributed by atoms with Crippen LogP contribution in [-0.2, 0) is 20.9 Å². The van der Waals surface area contributed by atoms with Gasteiger partial charge in [-0.05, 0) is 48.4 Å². The zero-order valence-electron chi connectivity index (χ0n) is 18.8. The number of hydrogen-bond acceptors (Lipinski definition) is 6. The molecule has 178 valence electrons. The van der Waals surface area contributed by atoms with Gasteiger partial charge in [0.2, 0.25) is 0 Å². The summed E-state index contributed by atoms with van der Waals surface area (Å²) in [6, 6.07) is 11.5. The summed E-state index contributed by atoms with van der Waals surface area (Å²) in [4.78, 5) is 41.6. The van der Waals surface area contributed by atoms with E-state index in [2.05, 4.69) is 5.32 Å². The van der Waals surface area contributed by atoms with E-state index in [4.69, 9.17) is 15.9 Å². The van der Waals surface area contributed by atoms with Gasteiger partial charge in [0.15, 0.2) is 12.2 Å². The predicted molar refractivity (Wildman–Crippen MR) is 126 cm³/mol. The van der Waals surface area contributed by atoms with Crippen LogP contribution in [0.4, 0.5) is 11.4 Å². The van der Waals surface area contributed by atoms with E-state index in [1.807, 2.05) is 13.0 Å². The first-order chi connectivity index (χ1) is 16.3. The number of amidine groups is 1. The summed E-state index contributed by atoms with van der Waals surface area (Å²) in [5.74, 6) is -1.52. The molecule has 2 atom stereocenters. The number of rotatable bonds is 7. The van der Waals surface area contributed by atoms with Crippen molar-refractivity contribution in [1.82, 2.24) is 4.90 Å².